The lowest BCUT2D eigenvalue weighted by atomic mass is 10.1. The fourth-order valence-corrected chi connectivity index (χ4v) is 1.78. The Labute approximate surface area is 134 Å². The molecule has 0 aliphatic heterocycles. The second kappa shape index (κ2) is 7.13. The van der Waals surface area contributed by atoms with Gasteiger partial charge in [0.1, 0.15) is 0 Å². The molecule has 0 fully saturated rings. The molecule has 0 unspecified atom stereocenters. The third kappa shape index (κ3) is 4.56. The SMILES string of the molecule is O=C(NCC#Cc1cccc(C(F)(F)F)c1)c1ccc(F)c(F)c1. The van der Waals surface area contributed by atoms with Crippen LogP contribution in [0.4, 0.5) is 22.0 Å². The highest BCUT2D eigenvalue weighted by Crippen LogP contribution is 2.29. The van der Waals surface area contributed by atoms with Crippen LogP contribution in [0.1, 0.15) is 21.5 Å². The maximum Gasteiger partial charge on any atom is 0.416 e. The van der Waals surface area contributed by atoms with Crippen molar-refractivity contribution in [2.45, 2.75) is 6.18 Å². The zero-order valence-electron chi connectivity index (χ0n) is 12.0. The van der Waals surface area contributed by atoms with Gasteiger partial charge in [0.25, 0.3) is 5.91 Å². The standard InChI is InChI=1S/C17H10F5NO/c18-14-7-6-12(10-15(14)19)16(24)23-8-2-4-11-3-1-5-13(9-11)17(20,21)22/h1,3,5-7,9-10H,8H2,(H,23,24). The summed E-state index contributed by atoms with van der Waals surface area (Å²) in [6.07, 6.45) is -4.46. The van der Waals surface area contributed by atoms with Gasteiger partial charge in [-0.1, -0.05) is 17.9 Å². The summed E-state index contributed by atoms with van der Waals surface area (Å²) in [6, 6.07) is 7.11. The molecule has 0 aliphatic carbocycles. The van der Waals surface area contributed by atoms with Crippen molar-refractivity contribution in [1.82, 2.24) is 5.32 Å². The van der Waals surface area contributed by atoms with Crippen LogP contribution in [0.2, 0.25) is 0 Å². The first-order chi connectivity index (χ1) is 11.3. The molecule has 0 heterocycles. The van der Waals surface area contributed by atoms with Crippen molar-refractivity contribution >= 4 is 5.91 Å². The Morgan fingerprint density at radius 1 is 1.04 bits per heavy atom. The summed E-state index contributed by atoms with van der Waals surface area (Å²) >= 11 is 0. The number of amides is 1. The van der Waals surface area contributed by atoms with E-state index in [1.807, 2.05) is 0 Å². The largest absolute Gasteiger partial charge is 0.416 e. The molecule has 124 valence electrons. The lowest BCUT2D eigenvalue weighted by Crippen LogP contribution is -2.23. The van der Waals surface area contributed by atoms with Gasteiger partial charge in [-0.15, -0.1) is 0 Å². The van der Waals surface area contributed by atoms with Gasteiger partial charge >= 0.3 is 6.18 Å². The Hall–Kier alpha value is -2.88. The molecule has 0 bridgehead atoms. The Morgan fingerprint density at radius 3 is 2.46 bits per heavy atom. The molecule has 24 heavy (non-hydrogen) atoms. The van der Waals surface area contributed by atoms with Gasteiger partial charge in [-0.05, 0) is 36.4 Å². The van der Waals surface area contributed by atoms with Gasteiger partial charge in [0.2, 0.25) is 0 Å². The van der Waals surface area contributed by atoms with E-state index in [2.05, 4.69) is 17.2 Å². The first-order valence-corrected chi connectivity index (χ1v) is 6.67. The molecular formula is C17H10F5NO. The number of hydrogen-bond donors (Lipinski definition) is 1. The van der Waals surface area contributed by atoms with Gasteiger partial charge in [0, 0.05) is 11.1 Å². The summed E-state index contributed by atoms with van der Waals surface area (Å²) in [5.41, 5.74) is -0.762. The van der Waals surface area contributed by atoms with Crippen LogP contribution in [-0.4, -0.2) is 12.5 Å². The minimum absolute atomic E-state index is 0.0882. The lowest BCUT2D eigenvalue weighted by Gasteiger charge is -2.05. The summed E-state index contributed by atoms with van der Waals surface area (Å²) in [6.45, 7) is -0.159. The van der Waals surface area contributed by atoms with Crippen molar-refractivity contribution in [3.8, 4) is 11.8 Å². The number of hydrogen-bond acceptors (Lipinski definition) is 1. The van der Waals surface area contributed by atoms with Crippen molar-refractivity contribution in [3.63, 3.8) is 0 Å². The Bertz CT molecular complexity index is 818. The minimum atomic E-state index is -4.46. The van der Waals surface area contributed by atoms with Crippen molar-refractivity contribution in [3.05, 3.63) is 70.8 Å². The topological polar surface area (TPSA) is 29.1 Å². The quantitative estimate of drug-likeness (QED) is 0.655. The third-order valence-corrected chi connectivity index (χ3v) is 2.94. The van der Waals surface area contributed by atoms with Gasteiger partial charge in [0.15, 0.2) is 11.6 Å². The van der Waals surface area contributed by atoms with Crippen LogP contribution < -0.4 is 5.32 Å². The molecule has 2 aromatic carbocycles. The van der Waals surface area contributed by atoms with E-state index < -0.39 is 29.3 Å². The summed E-state index contributed by atoms with van der Waals surface area (Å²) < 4.78 is 63.4. The zero-order chi connectivity index (χ0) is 17.7. The van der Waals surface area contributed by atoms with E-state index >= 15 is 0 Å². The zero-order valence-corrected chi connectivity index (χ0v) is 12.0. The minimum Gasteiger partial charge on any atom is -0.341 e. The molecular weight excluding hydrogens is 329 g/mol. The highest BCUT2D eigenvalue weighted by Gasteiger charge is 2.30. The van der Waals surface area contributed by atoms with E-state index in [-0.39, 0.29) is 17.7 Å². The first kappa shape index (κ1) is 17.5. The van der Waals surface area contributed by atoms with Crippen molar-refractivity contribution in [2.75, 3.05) is 6.54 Å². The Balaban J connectivity index is 1.99. The van der Waals surface area contributed by atoms with Crippen molar-refractivity contribution in [2.24, 2.45) is 0 Å². The van der Waals surface area contributed by atoms with E-state index in [0.29, 0.717) is 0 Å². The number of nitrogens with one attached hydrogen (secondary N) is 1. The fraction of sp³-hybridized carbons (Fsp3) is 0.118. The summed E-state index contributed by atoms with van der Waals surface area (Å²) in [7, 11) is 0. The second-order valence-electron chi connectivity index (χ2n) is 4.69. The molecule has 0 spiro atoms. The van der Waals surface area contributed by atoms with E-state index in [1.54, 1.807) is 0 Å². The number of halogens is 5. The molecule has 0 saturated heterocycles. The molecule has 7 heteroatoms. The van der Waals surface area contributed by atoms with Gasteiger partial charge in [-0.3, -0.25) is 4.79 Å². The van der Waals surface area contributed by atoms with Crippen LogP contribution in [0.25, 0.3) is 0 Å². The molecule has 0 radical (unpaired) electrons. The summed E-state index contributed by atoms with van der Waals surface area (Å²) in [5.74, 6) is 2.07. The maximum absolute atomic E-state index is 13.0. The molecule has 0 aliphatic rings. The molecule has 0 aromatic heterocycles. The van der Waals surface area contributed by atoms with Crippen molar-refractivity contribution in [1.29, 1.82) is 0 Å². The molecule has 1 amide bonds. The van der Waals surface area contributed by atoms with Crippen molar-refractivity contribution < 1.29 is 26.7 Å². The lowest BCUT2D eigenvalue weighted by molar-refractivity contribution is -0.137. The van der Waals surface area contributed by atoms with Crippen LogP contribution in [0, 0.1) is 23.5 Å². The monoisotopic (exact) mass is 339 g/mol. The first-order valence-electron chi connectivity index (χ1n) is 6.67. The van der Waals surface area contributed by atoms with E-state index in [4.69, 9.17) is 0 Å². The van der Waals surface area contributed by atoms with E-state index in [1.165, 1.54) is 12.1 Å². The third-order valence-electron chi connectivity index (χ3n) is 2.94. The fourth-order valence-electron chi connectivity index (χ4n) is 1.78. The van der Waals surface area contributed by atoms with Crippen LogP contribution in [0.5, 0.6) is 0 Å². The highest BCUT2D eigenvalue weighted by atomic mass is 19.4. The number of carbonyl (C=O) groups is 1. The molecule has 0 saturated carbocycles. The average Bonchev–Trinajstić information content (AvgIpc) is 2.53. The number of rotatable bonds is 2. The second-order valence-corrected chi connectivity index (χ2v) is 4.69. The molecule has 2 aromatic rings. The Kier molecular flexibility index (Phi) is 5.19. The van der Waals surface area contributed by atoms with Gasteiger partial charge in [-0.25, -0.2) is 8.78 Å². The molecule has 2 rings (SSSR count). The molecule has 2 nitrogen and oxygen atoms in total. The number of carbonyl (C=O) groups excluding carboxylic acids is 1. The van der Waals surface area contributed by atoms with Crippen LogP contribution in [0.3, 0.4) is 0 Å². The summed E-state index contributed by atoms with van der Waals surface area (Å²) in [5, 5.41) is 2.34. The van der Waals surface area contributed by atoms with Gasteiger partial charge < -0.3 is 5.32 Å². The van der Waals surface area contributed by atoms with Crippen LogP contribution in [0.15, 0.2) is 42.5 Å². The predicted octanol–water partition coefficient (Wildman–Crippen LogP) is 3.77. The van der Waals surface area contributed by atoms with E-state index in [0.717, 1.165) is 30.3 Å². The number of alkyl halides is 3. The highest BCUT2D eigenvalue weighted by molar-refractivity contribution is 5.94. The normalized spacial score (nSPS) is 10.7. The summed E-state index contributed by atoms with van der Waals surface area (Å²) in [4.78, 5) is 11.7. The average molecular weight is 339 g/mol. The van der Waals surface area contributed by atoms with E-state index in [9.17, 15) is 26.7 Å². The number of benzene rings is 2. The predicted molar refractivity (Wildman–Crippen MR) is 77.0 cm³/mol. The van der Waals surface area contributed by atoms with Crippen LogP contribution >= 0.6 is 0 Å². The Morgan fingerprint density at radius 2 is 1.79 bits per heavy atom. The van der Waals surface area contributed by atoms with Crippen LogP contribution in [-0.2, 0) is 6.18 Å². The molecule has 0 atom stereocenters. The smallest absolute Gasteiger partial charge is 0.341 e. The van der Waals surface area contributed by atoms with Gasteiger partial charge in [-0.2, -0.15) is 13.2 Å². The molecule has 1 N–H and O–H groups in total. The maximum atomic E-state index is 13.0. The van der Waals surface area contributed by atoms with Gasteiger partial charge in [0.05, 0.1) is 12.1 Å².